The standard InChI is InChI=1S/C17H24N2O2S/c1-18(2)14-10-19(11-16(14)22-3)17(20)13-8-9-21-15-7-5-4-6-12(13)15/h4-7,13-14,16H,8-11H2,1-3H3/t13-,14+,16+/m0/s1. The Morgan fingerprint density at radius 1 is 1.32 bits per heavy atom. The first-order valence-corrected chi connectivity index (χ1v) is 9.10. The summed E-state index contributed by atoms with van der Waals surface area (Å²) in [6.45, 7) is 2.31. The summed E-state index contributed by atoms with van der Waals surface area (Å²) in [7, 11) is 4.21. The van der Waals surface area contributed by atoms with Gasteiger partial charge in [-0.3, -0.25) is 4.79 Å². The molecule has 120 valence electrons. The van der Waals surface area contributed by atoms with Crippen LogP contribution in [0.3, 0.4) is 0 Å². The first kappa shape index (κ1) is 15.7. The highest BCUT2D eigenvalue weighted by Crippen LogP contribution is 2.36. The van der Waals surface area contributed by atoms with Gasteiger partial charge in [0.05, 0.1) is 12.5 Å². The molecule has 0 aromatic heterocycles. The molecule has 0 radical (unpaired) electrons. The average molecular weight is 320 g/mol. The molecule has 3 atom stereocenters. The Kier molecular flexibility index (Phi) is 4.64. The Morgan fingerprint density at radius 2 is 2.09 bits per heavy atom. The van der Waals surface area contributed by atoms with Crippen molar-refractivity contribution >= 4 is 17.7 Å². The minimum atomic E-state index is -0.0478. The van der Waals surface area contributed by atoms with E-state index in [0.717, 1.165) is 30.8 Å². The molecule has 5 heteroatoms. The summed E-state index contributed by atoms with van der Waals surface area (Å²) in [4.78, 5) is 17.3. The molecule has 2 heterocycles. The first-order valence-electron chi connectivity index (χ1n) is 7.81. The number of para-hydroxylation sites is 1. The van der Waals surface area contributed by atoms with Crippen molar-refractivity contribution in [3.05, 3.63) is 29.8 Å². The van der Waals surface area contributed by atoms with Crippen molar-refractivity contribution < 1.29 is 9.53 Å². The van der Waals surface area contributed by atoms with Crippen LogP contribution in [-0.4, -0.2) is 67.0 Å². The Morgan fingerprint density at radius 3 is 2.77 bits per heavy atom. The molecule has 0 bridgehead atoms. The van der Waals surface area contributed by atoms with Gasteiger partial charge in [0.25, 0.3) is 0 Å². The van der Waals surface area contributed by atoms with Gasteiger partial charge in [-0.2, -0.15) is 11.8 Å². The number of carbonyl (C=O) groups excluding carboxylic acids is 1. The lowest BCUT2D eigenvalue weighted by molar-refractivity contribution is -0.132. The summed E-state index contributed by atoms with van der Waals surface area (Å²) < 4.78 is 5.69. The van der Waals surface area contributed by atoms with Crippen LogP contribution in [0.2, 0.25) is 0 Å². The van der Waals surface area contributed by atoms with Crippen molar-refractivity contribution in [1.29, 1.82) is 0 Å². The third-order valence-corrected chi connectivity index (χ3v) is 5.84. The molecule has 2 aliphatic rings. The average Bonchev–Trinajstić information content (AvgIpc) is 2.98. The summed E-state index contributed by atoms with van der Waals surface area (Å²) in [5.74, 6) is 1.09. The molecule has 1 saturated heterocycles. The zero-order valence-corrected chi connectivity index (χ0v) is 14.3. The van der Waals surface area contributed by atoms with Crippen LogP contribution < -0.4 is 4.74 Å². The van der Waals surface area contributed by atoms with E-state index in [1.165, 1.54) is 0 Å². The van der Waals surface area contributed by atoms with Gasteiger partial charge in [0.2, 0.25) is 5.91 Å². The molecule has 22 heavy (non-hydrogen) atoms. The highest BCUT2D eigenvalue weighted by Gasteiger charge is 2.39. The fraction of sp³-hybridized carbons (Fsp3) is 0.588. The van der Waals surface area contributed by atoms with Gasteiger partial charge in [-0.05, 0) is 32.8 Å². The molecule has 0 unspecified atom stereocenters. The van der Waals surface area contributed by atoms with Gasteiger partial charge in [-0.25, -0.2) is 0 Å². The Bertz CT molecular complexity index is 549. The van der Waals surface area contributed by atoms with E-state index in [4.69, 9.17) is 4.74 Å². The summed E-state index contributed by atoms with van der Waals surface area (Å²) >= 11 is 1.86. The van der Waals surface area contributed by atoms with Crippen molar-refractivity contribution in [2.45, 2.75) is 23.6 Å². The maximum Gasteiger partial charge on any atom is 0.230 e. The van der Waals surface area contributed by atoms with Crippen molar-refractivity contribution in [2.75, 3.05) is 40.0 Å². The van der Waals surface area contributed by atoms with Gasteiger partial charge >= 0.3 is 0 Å². The van der Waals surface area contributed by atoms with Gasteiger partial charge in [0.1, 0.15) is 5.75 Å². The molecule has 1 amide bonds. The normalized spacial score (nSPS) is 27.6. The summed E-state index contributed by atoms with van der Waals surface area (Å²) in [5, 5.41) is 0.494. The van der Waals surface area contributed by atoms with E-state index in [1.54, 1.807) is 0 Å². The monoisotopic (exact) mass is 320 g/mol. The van der Waals surface area contributed by atoms with Crippen molar-refractivity contribution in [1.82, 2.24) is 9.80 Å². The number of likely N-dealkylation sites (tertiary alicyclic amines) is 1. The van der Waals surface area contributed by atoms with E-state index in [9.17, 15) is 4.79 Å². The lowest BCUT2D eigenvalue weighted by Gasteiger charge is -2.29. The predicted molar refractivity (Wildman–Crippen MR) is 90.7 cm³/mol. The second-order valence-corrected chi connectivity index (χ2v) is 7.35. The zero-order valence-electron chi connectivity index (χ0n) is 13.5. The van der Waals surface area contributed by atoms with Crippen LogP contribution in [0.4, 0.5) is 0 Å². The molecule has 0 N–H and O–H groups in total. The third kappa shape index (κ3) is 2.84. The minimum absolute atomic E-state index is 0.0478. The maximum atomic E-state index is 13.0. The number of rotatable bonds is 3. The van der Waals surface area contributed by atoms with Crippen molar-refractivity contribution in [2.24, 2.45) is 0 Å². The van der Waals surface area contributed by atoms with Crippen LogP contribution in [0, 0.1) is 0 Å². The van der Waals surface area contributed by atoms with Gasteiger partial charge in [-0.1, -0.05) is 18.2 Å². The molecular weight excluding hydrogens is 296 g/mol. The van der Waals surface area contributed by atoms with Gasteiger partial charge < -0.3 is 14.5 Å². The van der Waals surface area contributed by atoms with Crippen LogP contribution in [0.15, 0.2) is 24.3 Å². The number of amides is 1. The minimum Gasteiger partial charge on any atom is -0.493 e. The van der Waals surface area contributed by atoms with Gasteiger partial charge in [-0.15, -0.1) is 0 Å². The van der Waals surface area contributed by atoms with Gasteiger partial charge in [0, 0.05) is 29.9 Å². The lowest BCUT2D eigenvalue weighted by Crippen LogP contribution is -2.38. The third-order valence-electron chi connectivity index (χ3n) is 4.77. The van der Waals surface area contributed by atoms with E-state index >= 15 is 0 Å². The van der Waals surface area contributed by atoms with Crippen molar-refractivity contribution in [3.8, 4) is 5.75 Å². The quantitative estimate of drug-likeness (QED) is 0.853. The molecule has 4 nitrogen and oxygen atoms in total. The molecule has 2 aliphatic heterocycles. The predicted octanol–water partition coefficient (Wildman–Crippen LogP) is 2.06. The molecule has 0 saturated carbocycles. The molecule has 0 spiro atoms. The second kappa shape index (κ2) is 6.50. The summed E-state index contributed by atoms with van der Waals surface area (Å²) in [6, 6.07) is 8.39. The molecule has 1 aromatic carbocycles. The van der Waals surface area contributed by atoms with E-state index in [2.05, 4.69) is 30.2 Å². The van der Waals surface area contributed by atoms with Crippen molar-refractivity contribution in [3.63, 3.8) is 0 Å². The largest absolute Gasteiger partial charge is 0.493 e. The number of nitrogens with zero attached hydrogens (tertiary/aromatic N) is 2. The first-order chi connectivity index (χ1) is 10.6. The van der Waals surface area contributed by atoms with E-state index < -0.39 is 0 Å². The van der Waals surface area contributed by atoms with E-state index in [0.29, 0.717) is 17.9 Å². The van der Waals surface area contributed by atoms with Crippen LogP contribution in [0.25, 0.3) is 0 Å². The van der Waals surface area contributed by atoms with E-state index in [-0.39, 0.29) is 11.8 Å². The van der Waals surface area contributed by atoms with E-state index in [1.807, 2.05) is 36.0 Å². The Hall–Kier alpha value is -1.20. The number of carbonyl (C=O) groups is 1. The highest BCUT2D eigenvalue weighted by atomic mass is 32.2. The van der Waals surface area contributed by atoms with Crippen LogP contribution >= 0.6 is 11.8 Å². The molecule has 1 aromatic rings. The SMILES string of the molecule is CS[C@@H]1CN(C(=O)[C@H]2CCOc3ccccc32)C[C@H]1N(C)C. The summed E-state index contributed by atoms with van der Waals surface area (Å²) in [5.41, 5.74) is 1.05. The topological polar surface area (TPSA) is 32.8 Å². The Labute approximate surface area is 136 Å². The maximum absolute atomic E-state index is 13.0. The van der Waals surface area contributed by atoms with Gasteiger partial charge in [0.15, 0.2) is 0 Å². The fourth-order valence-corrected chi connectivity index (χ4v) is 4.46. The molecule has 1 fully saturated rings. The number of fused-ring (bicyclic) bond motifs is 1. The zero-order chi connectivity index (χ0) is 15.7. The van der Waals surface area contributed by atoms with Crippen LogP contribution in [-0.2, 0) is 4.79 Å². The number of likely N-dealkylation sites (N-methyl/N-ethyl adjacent to an activating group) is 1. The smallest absolute Gasteiger partial charge is 0.230 e. The number of benzene rings is 1. The van der Waals surface area contributed by atoms with Crippen LogP contribution in [0.1, 0.15) is 17.9 Å². The lowest BCUT2D eigenvalue weighted by atomic mass is 9.92. The van der Waals surface area contributed by atoms with Crippen LogP contribution in [0.5, 0.6) is 5.75 Å². The number of ether oxygens (including phenoxy) is 1. The number of hydrogen-bond donors (Lipinski definition) is 0. The number of thioether (sulfide) groups is 1. The number of hydrogen-bond acceptors (Lipinski definition) is 4. The Balaban J connectivity index is 1.78. The molecule has 0 aliphatic carbocycles. The fourth-order valence-electron chi connectivity index (χ4n) is 3.48. The molecular formula is C17H24N2O2S. The molecule has 3 rings (SSSR count). The second-order valence-electron chi connectivity index (χ2n) is 6.28. The summed E-state index contributed by atoms with van der Waals surface area (Å²) in [6.07, 6.45) is 2.92. The highest BCUT2D eigenvalue weighted by molar-refractivity contribution is 7.99.